The Hall–Kier alpha value is -3.72. The number of halogens is 1. The van der Waals surface area contributed by atoms with E-state index in [1.165, 1.54) is 17.0 Å². The van der Waals surface area contributed by atoms with Gasteiger partial charge in [0.15, 0.2) is 0 Å². The Kier molecular flexibility index (Phi) is 9.79. The molecule has 0 bridgehead atoms. The molecule has 0 saturated carbocycles. The molecule has 3 rings (SSSR count). The second kappa shape index (κ2) is 13.0. The summed E-state index contributed by atoms with van der Waals surface area (Å²) >= 11 is 1.57. The van der Waals surface area contributed by atoms with E-state index < -0.39 is 12.0 Å². The lowest BCUT2D eigenvalue weighted by atomic mass is 10.2. The van der Waals surface area contributed by atoms with Crippen LogP contribution >= 0.6 is 11.3 Å². The number of aryl methyl sites for hydroxylation is 1. The lowest BCUT2D eigenvalue weighted by molar-refractivity contribution is -0.133. The molecule has 0 radical (unpaired) electrons. The molecule has 2 aromatic carbocycles. The standard InChI is InChI=1S/C28H32FN3O4S/c1-5-36-27(34)22-8-12-24(13-9-22)30-28(35)32(19(2)3)18-26(33)31(17-25-20(4)14-15-37-25)16-21-6-10-23(29)11-7-21/h6-15,19H,5,16-18H2,1-4H3,(H,30,35). The van der Waals surface area contributed by atoms with Gasteiger partial charge < -0.3 is 19.9 Å². The van der Waals surface area contributed by atoms with Crippen LogP contribution in [0, 0.1) is 12.7 Å². The average Bonchev–Trinajstić information content (AvgIpc) is 3.27. The molecule has 0 saturated heterocycles. The van der Waals surface area contributed by atoms with E-state index in [0.29, 0.717) is 24.3 Å². The number of hydrogen-bond acceptors (Lipinski definition) is 5. The van der Waals surface area contributed by atoms with Crippen molar-refractivity contribution in [3.63, 3.8) is 0 Å². The molecule has 9 heteroatoms. The van der Waals surface area contributed by atoms with Crippen LogP contribution in [0.1, 0.15) is 47.1 Å². The number of carbonyl (C=O) groups excluding carboxylic acids is 3. The minimum absolute atomic E-state index is 0.129. The number of urea groups is 1. The van der Waals surface area contributed by atoms with E-state index in [2.05, 4.69) is 5.32 Å². The van der Waals surface area contributed by atoms with Gasteiger partial charge in [-0.2, -0.15) is 0 Å². The van der Waals surface area contributed by atoms with Gasteiger partial charge in [-0.3, -0.25) is 4.79 Å². The van der Waals surface area contributed by atoms with E-state index in [9.17, 15) is 18.8 Å². The summed E-state index contributed by atoms with van der Waals surface area (Å²) in [6.07, 6.45) is 0. The number of thiophene rings is 1. The Morgan fingerprint density at radius 3 is 2.24 bits per heavy atom. The minimum atomic E-state index is -0.433. The van der Waals surface area contributed by atoms with Gasteiger partial charge in [0, 0.05) is 23.2 Å². The van der Waals surface area contributed by atoms with Gasteiger partial charge in [-0.05, 0) is 86.7 Å². The fourth-order valence-corrected chi connectivity index (χ4v) is 4.54. The van der Waals surface area contributed by atoms with Gasteiger partial charge in [-0.25, -0.2) is 14.0 Å². The third-order valence-electron chi connectivity index (χ3n) is 5.78. The number of anilines is 1. The first-order valence-electron chi connectivity index (χ1n) is 12.1. The third-order valence-corrected chi connectivity index (χ3v) is 6.79. The first-order chi connectivity index (χ1) is 17.7. The molecular weight excluding hydrogens is 493 g/mol. The number of nitrogens with one attached hydrogen (secondary N) is 1. The van der Waals surface area contributed by atoms with Gasteiger partial charge in [0.2, 0.25) is 5.91 Å². The maximum absolute atomic E-state index is 13.5. The van der Waals surface area contributed by atoms with Crippen molar-refractivity contribution in [3.05, 3.63) is 87.4 Å². The molecule has 3 aromatic rings. The third kappa shape index (κ3) is 7.88. The summed E-state index contributed by atoms with van der Waals surface area (Å²) in [5, 5.41) is 4.78. The molecule has 1 aromatic heterocycles. The van der Waals surface area contributed by atoms with Crippen LogP contribution in [-0.2, 0) is 22.6 Å². The smallest absolute Gasteiger partial charge is 0.338 e. The largest absolute Gasteiger partial charge is 0.462 e. The second-order valence-corrected chi connectivity index (χ2v) is 9.85. The molecule has 1 N–H and O–H groups in total. The Morgan fingerprint density at radius 1 is 1.00 bits per heavy atom. The van der Waals surface area contributed by atoms with Crippen molar-refractivity contribution in [1.82, 2.24) is 9.80 Å². The van der Waals surface area contributed by atoms with E-state index in [1.807, 2.05) is 32.2 Å². The van der Waals surface area contributed by atoms with Gasteiger partial charge in [0.25, 0.3) is 0 Å². The normalized spacial score (nSPS) is 10.8. The predicted octanol–water partition coefficient (Wildman–Crippen LogP) is 5.84. The molecule has 196 valence electrons. The number of nitrogens with zero attached hydrogens (tertiary/aromatic N) is 2. The highest BCUT2D eigenvalue weighted by Crippen LogP contribution is 2.20. The monoisotopic (exact) mass is 525 g/mol. The van der Waals surface area contributed by atoms with Gasteiger partial charge in [0.05, 0.1) is 18.7 Å². The second-order valence-electron chi connectivity index (χ2n) is 8.85. The summed E-state index contributed by atoms with van der Waals surface area (Å²) in [6.45, 7) is 8.23. The first-order valence-corrected chi connectivity index (χ1v) is 13.0. The van der Waals surface area contributed by atoms with Crippen LogP contribution in [0.25, 0.3) is 0 Å². The van der Waals surface area contributed by atoms with E-state index in [1.54, 1.807) is 59.6 Å². The molecule has 0 aliphatic carbocycles. The molecule has 0 unspecified atom stereocenters. The number of ether oxygens (including phenoxy) is 1. The first kappa shape index (κ1) is 27.9. The van der Waals surface area contributed by atoms with Crippen LogP contribution in [-0.4, -0.2) is 46.9 Å². The molecule has 37 heavy (non-hydrogen) atoms. The molecule has 0 aliphatic rings. The highest BCUT2D eigenvalue weighted by Gasteiger charge is 2.25. The van der Waals surface area contributed by atoms with Crippen molar-refractivity contribution in [3.8, 4) is 0 Å². The van der Waals surface area contributed by atoms with Gasteiger partial charge >= 0.3 is 12.0 Å². The van der Waals surface area contributed by atoms with Crippen molar-refractivity contribution in [2.45, 2.75) is 46.8 Å². The maximum atomic E-state index is 13.5. The van der Waals surface area contributed by atoms with Crippen LogP contribution in [0.15, 0.2) is 60.0 Å². The van der Waals surface area contributed by atoms with Crippen LogP contribution in [0.3, 0.4) is 0 Å². The average molecular weight is 526 g/mol. The zero-order chi connectivity index (χ0) is 26.9. The summed E-state index contributed by atoms with van der Waals surface area (Å²) < 4.78 is 18.4. The molecule has 0 fully saturated rings. The highest BCUT2D eigenvalue weighted by molar-refractivity contribution is 7.10. The molecule has 3 amide bonds. The van der Waals surface area contributed by atoms with E-state index >= 15 is 0 Å². The van der Waals surface area contributed by atoms with E-state index in [-0.39, 0.29) is 30.9 Å². The zero-order valence-electron chi connectivity index (χ0n) is 21.5. The number of esters is 1. The van der Waals surface area contributed by atoms with Crippen molar-refractivity contribution in [2.75, 3.05) is 18.5 Å². The lowest BCUT2D eigenvalue weighted by Crippen LogP contribution is -2.47. The lowest BCUT2D eigenvalue weighted by Gasteiger charge is -2.30. The van der Waals surface area contributed by atoms with Gasteiger partial charge in [-0.15, -0.1) is 11.3 Å². The number of carbonyl (C=O) groups is 3. The van der Waals surface area contributed by atoms with Crippen molar-refractivity contribution < 1.29 is 23.5 Å². The highest BCUT2D eigenvalue weighted by atomic mass is 32.1. The molecule has 1 heterocycles. The topological polar surface area (TPSA) is 79.0 Å². The SMILES string of the molecule is CCOC(=O)c1ccc(NC(=O)N(CC(=O)N(Cc2ccc(F)cc2)Cc2sccc2C)C(C)C)cc1. The quantitative estimate of drug-likeness (QED) is 0.337. The van der Waals surface area contributed by atoms with Crippen molar-refractivity contribution in [1.29, 1.82) is 0 Å². The predicted molar refractivity (Wildman–Crippen MR) is 143 cm³/mol. The summed E-state index contributed by atoms with van der Waals surface area (Å²) in [7, 11) is 0. The Balaban J connectivity index is 1.73. The molecule has 7 nitrogen and oxygen atoms in total. The zero-order valence-corrected chi connectivity index (χ0v) is 22.3. The fourth-order valence-electron chi connectivity index (χ4n) is 3.62. The van der Waals surface area contributed by atoms with E-state index in [0.717, 1.165) is 16.0 Å². The number of rotatable bonds is 10. The summed E-state index contributed by atoms with van der Waals surface area (Å²) in [6, 6.07) is 13.8. The molecule has 0 aliphatic heterocycles. The number of benzene rings is 2. The Morgan fingerprint density at radius 2 is 1.68 bits per heavy atom. The van der Waals surface area contributed by atoms with Gasteiger partial charge in [-0.1, -0.05) is 12.1 Å². The fraction of sp³-hybridized carbons (Fsp3) is 0.321. The van der Waals surface area contributed by atoms with Crippen LogP contribution in [0.5, 0.6) is 0 Å². The van der Waals surface area contributed by atoms with Crippen molar-refractivity contribution in [2.24, 2.45) is 0 Å². The number of amides is 3. The summed E-state index contributed by atoms with van der Waals surface area (Å²) in [5.41, 5.74) is 2.77. The maximum Gasteiger partial charge on any atom is 0.338 e. The summed E-state index contributed by atoms with van der Waals surface area (Å²) in [5.74, 6) is -0.996. The molecule has 0 spiro atoms. The number of hydrogen-bond donors (Lipinski definition) is 1. The minimum Gasteiger partial charge on any atom is -0.462 e. The van der Waals surface area contributed by atoms with Crippen LogP contribution in [0.2, 0.25) is 0 Å². The molecular formula is C28H32FN3O4S. The van der Waals surface area contributed by atoms with Crippen LogP contribution in [0.4, 0.5) is 14.9 Å². The Bertz CT molecular complexity index is 1210. The molecule has 0 atom stereocenters. The summed E-state index contributed by atoms with van der Waals surface area (Å²) in [4.78, 5) is 42.7. The van der Waals surface area contributed by atoms with Crippen molar-refractivity contribution >= 4 is 34.9 Å². The van der Waals surface area contributed by atoms with E-state index in [4.69, 9.17) is 4.74 Å². The van der Waals surface area contributed by atoms with Gasteiger partial charge in [0.1, 0.15) is 12.4 Å². The van der Waals surface area contributed by atoms with Crippen LogP contribution < -0.4 is 5.32 Å². The Labute approximate surface area is 220 Å².